The van der Waals surface area contributed by atoms with Crippen molar-refractivity contribution >= 4 is 29.5 Å². The fraction of sp³-hybridized carbons (Fsp3) is 0.333. The molecule has 0 spiro atoms. The van der Waals surface area contributed by atoms with Crippen molar-refractivity contribution in [2.45, 2.75) is 33.9 Å². The molecule has 7 nitrogen and oxygen atoms in total. The van der Waals surface area contributed by atoms with E-state index in [1.54, 1.807) is 16.8 Å². The van der Waals surface area contributed by atoms with Gasteiger partial charge in [-0.05, 0) is 30.5 Å². The third-order valence-electron chi connectivity index (χ3n) is 3.59. The number of aromatic nitrogens is 3. The molecule has 0 bridgehead atoms. The number of nitrogens with zero attached hydrogens (tertiary/aromatic N) is 3. The van der Waals surface area contributed by atoms with Gasteiger partial charge in [0.05, 0.1) is 5.69 Å². The van der Waals surface area contributed by atoms with Crippen molar-refractivity contribution in [1.82, 2.24) is 20.1 Å². The van der Waals surface area contributed by atoms with Crippen LogP contribution in [0.4, 0.5) is 0 Å². The van der Waals surface area contributed by atoms with E-state index in [9.17, 15) is 9.59 Å². The highest BCUT2D eigenvalue weighted by molar-refractivity contribution is 6.31. The highest BCUT2D eigenvalue weighted by atomic mass is 35.5. The number of hydrogen-bond acceptors (Lipinski definition) is 4. The molecule has 0 radical (unpaired) electrons. The summed E-state index contributed by atoms with van der Waals surface area (Å²) in [7, 11) is 0. The minimum Gasteiger partial charge on any atom is -0.364 e. The third-order valence-corrected chi connectivity index (χ3v) is 3.99. The second-order valence-electron chi connectivity index (χ2n) is 6.33. The fourth-order valence-electron chi connectivity index (χ4n) is 2.31. The van der Waals surface area contributed by atoms with Crippen LogP contribution in [0.15, 0.2) is 24.4 Å². The number of rotatable bonds is 7. The van der Waals surface area contributed by atoms with E-state index in [0.29, 0.717) is 17.6 Å². The molecule has 2 rings (SSSR count). The van der Waals surface area contributed by atoms with Crippen molar-refractivity contribution in [2.75, 3.05) is 0 Å². The second-order valence-corrected chi connectivity index (χ2v) is 6.69. The van der Waals surface area contributed by atoms with Gasteiger partial charge in [-0.2, -0.15) is 5.10 Å². The molecule has 0 saturated heterocycles. The van der Waals surface area contributed by atoms with Crippen LogP contribution in [0.3, 0.4) is 0 Å². The Hall–Kier alpha value is -2.67. The number of carbonyl (C=O) groups is 2. The number of nitrogens with two attached hydrogens (primary N) is 1. The molecular formula is C18H22ClN5O2. The minimum atomic E-state index is -0.589. The molecule has 0 unspecified atom stereocenters. The van der Waals surface area contributed by atoms with Crippen molar-refractivity contribution in [3.05, 3.63) is 52.1 Å². The molecule has 0 fully saturated rings. The molecule has 138 valence electrons. The van der Waals surface area contributed by atoms with E-state index in [1.807, 2.05) is 6.92 Å². The van der Waals surface area contributed by atoms with Crippen molar-refractivity contribution in [1.29, 1.82) is 0 Å². The Kier molecular flexibility index (Phi) is 6.52. The molecule has 3 N–H and O–H groups in total. The van der Waals surface area contributed by atoms with Crippen molar-refractivity contribution in [2.24, 2.45) is 11.7 Å². The molecule has 2 aromatic rings. The van der Waals surface area contributed by atoms with Crippen LogP contribution in [-0.4, -0.2) is 26.6 Å². The first-order valence-corrected chi connectivity index (χ1v) is 8.59. The van der Waals surface area contributed by atoms with Crippen LogP contribution in [0, 0.1) is 12.8 Å². The number of nitrogens with one attached hydrogen (secondary N) is 1. The van der Waals surface area contributed by atoms with Crippen LogP contribution in [0.1, 0.15) is 41.2 Å². The number of pyridine rings is 1. The zero-order chi connectivity index (χ0) is 19.3. The lowest BCUT2D eigenvalue weighted by Crippen LogP contribution is -2.20. The zero-order valence-corrected chi connectivity index (χ0v) is 15.7. The molecule has 26 heavy (non-hydrogen) atoms. The number of aryl methyl sites for hydroxylation is 1. The van der Waals surface area contributed by atoms with E-state index in [0.717, 1.165) is 16.8 Å². The predicted molar refractivity (Wildman–Crippen MR) is 100 cm³/mol. The molecule has 2 heterocycles. The monoisotopic (exact) mass is 375 g/mol. The van der Waals surface area contributed by atoms with Crippen LogP contribution in [-0.2, 0) is 17.9 Å². The van der Waals surface area contributed by atoms with Gasteiger partial charge >= 0.3 is 0 Å². The average molecular weight is 376 g/mol. The number of carbonyl (C=O) groups excluding carboxylic acids is 2. The number of primary amides is 1. The summed E-state index contributed by atoms with van der Waals surface area (Å²) in [6.07, 6.45) is 4.58. The molecule has 0 atom stereocenters. The van der Waals surface area contributed by atoms with Crippen LogP contribution in [0.5, 0.6) is 0 Å². The van der Waals surface area contributed by atoms with Crippen molar-refractivity contribution in [3.63, 3.8) is 0 Å². The van der Waals surface area contributed by atoms with Gasteiger partial charge in [-0.25, -0.2) is 0 Å². The maximum absolute atomic E-state index is 12.0. The Morgan fingerprint density at radius 3 is 2.69 bits per heavy atom. The molecule has 8 heteroatoms. The van der Waals surface area contributed by atoms with Gasteiger partial charge in [-0.15, -0.1) is 0 Å². The highest BCUT2D eigenvalue weighted by Crippen LogP contribution is 2.22. The number of amides is 2. The SMILES string of the molecule is Cc1nn(CC(C)C)c(Cl)c1/C=C/C(=O)NCc1ccc(C(N)=O)nc1. The molecule has 0 aliphatic heterocycles. The minimum absolute atomic E-state index is 0.184. The zero-order valence-electron chi connectivity index (χ0n) is 15.0. The highest BCUT2D eigenvalue weighted by Gasteiger charge is 2.12. The Bertz CT molecular complexity index is 825. The van der Waals surface area contributed by atoms with E-state index in [2.05, 4.69) is 29.2 Å². The van der Waals surface area contributed by atoms with Crippen LogP contribution in [0.2, 0.25) is 5.15 Å². The molecule has 2 amide bonds. The van der Waals surface area contributed by atoms with Crippen LogP contribution < -0.4 is 11.1 Å². The molecule has 0 aromatic carbocycles. The fourth-order valence-corrected chi connectivity index (χ4v) is 2.61. The average Bonchev–Trinajstić information content (AvgIpc) is 2.84. The topological polar surface area (TPSA) is 103 Å². The molecule has 0 aliphatic rings. The lowest BCUT2D eigenvalue weighted by atomic mass is 10.2. The standard InChI is InChI=1S/C18H22ClN5O2/c1-11(2)10-24-17(19)14(12(3)23-24)5-7-16(25)22-9-13-4-6-15(18(20)26)21-8-13/h4-8,11H,9-10H2,1-3H3,(H2,20,26)(H,22,25)/b7-5+. The van der Waals surface area contributed by atoms with E-state index < -0.39 is 5.91 Å². The summed E-state index contributed by atoms with van der Waals surface area (Å²) in [6.45, 7) is 7.02. The molecule has 0 aliphatic carbocycles. The number of hydrogen-bond donors (Lipinski definition) is 2. The van der Waals surface area contributed by atoms with Gasteiger partial charge in [0.2, 0.25) is 5.91 Å². The van der Waals surface area contributed by atoms with Gasteiger partial charge in [0, 0.05) is 30.9 Å². The summed E-state index contributed by atoms with van der Waals surface area (Å²) >= 11 is 6.34. The number of halogens is 1. The first-order chi connectivity index (χ1) is 12.3. The summed E-state index contributed by atoms with van der Waals surface area (Å²) in [5.74, 6) is -0.439. The maximum atomic E-state index is 12.0. The van der Waals surface area contributed by atoms with Gasteiger partial charge in [0.1, 0.15) is 10.8 Å². The Balaban J connectivity index is 1.97. The predicted octanol–water partition coefficient (Wildman–Crippen LogP) is 2.32. The van der Waals surface area contributed by atoms with Gasteiger partial charge in [-0.3, -0.25) is 19.3 Å². The lowest BCUT2D eigenvalue weighted by molar-refractivity contribution is -0.116. The van der Waals surface area contributed by atoms with E-state index in [-0.39, 0.29) is 18.1 Å². The van der Waals surface area contributed by atoms with Crippen LogP contribution in [0.25, 0.3) is 6.08 Å². The summed E-state index contributed by atoms with van der Waals surface area (Å²) < 4.78 is 1.74. The molecule has 0 saturated carbocycles. The Labute approximate surface area is 157 Å². The van der Waals surface area contributed by atoms with Gasteiger partial charge in [0.25, 0.3) is 5.91 Å². The maximum Gasteiger partial charge on any atom is 0.267 e. The largest absolute Gasteiger partial charge is 0.364 e. The van der Waals surface area contributed by atoms with Gasteiger partial charge in [-0.1, -0.05) is 31.5 Å². The van der Waals surface area contributed by atoms with Crippen molar-refractivity contribution in [3.8, 4) is 0 Å². The van der Waals surface area contributed by atoms with E-state index >= 15 is 0 Å². The van der Waals surface area contributed by atoms with E-state index in [1.165, 1.54) is 18.3 Å². The molecule has 2 aromatic heterocycles. The van der Waals surface area contributed by atoms with Gasteiger partial charge in [0.15, 0.2) is 0 Å². The quantitative estimate of drug-likeness (QED) is 0.725. The normalized spacial score (nSPS) is 11.3. The lowest BCUT2D eigenvalue weighted by Gasteiger charge is -2.05. The first kappa shape index (κ1) is 19.7. The Morgan fingerprint density at radius 1 is 1.38 bits per heavy atom. The third kappa shape index (κ3) is 5.16. The molecular weight excluding hydrogens is 354 g/mol. The first-order valence-electron chi connectivity index (χ1n) is 8.21. The van der Waals surface area contributed by atoms with Gasteiger partial charge < -0.3 is 11.1 Å². The van der Waals surface area contributed by atoms with E-state index in [4.69, 9.17) is 17.3 Å². The smallest absolute Gasteiger partial charge is 0.267 e. The van der Waals surface area contributed by atoms with Crippen molar-refractivity contribution < 1.29 is 9.59 Å². The summed E-state index contributed by atoms with van der Waals surface area (Å²) in [6, 6.07) is 3.21. The van der Waals surface area contributed by atoms with Crippen LogP contribution >= 0.6 is 11.6 Å². The summed E-state index contributed by atoms with van der Waals surface area (Å²) in [5, 5.41) is 7.66. The summed E-state index contributed by atoms with van der Waals surface area (Å²) in [4.78, 5) is 26.9. The second kappa shape index (κ2) is 8.62. The Morgan fingerprint density at radius 2 is 2.12 bits per heavy atom. The summed E-state index contributed by atoms with van der Waals surface area (Å²) in [5.41, 5.74) is 7.58.